The molecule has 1 N–H and O–H groups in total. The van der Waals surface area contributed by atoms with Crippen molar-refractivity contribution in [3.05, 3.63) is 58.4 Å². The van der Waals surface area contributed by atoms with E-state index in [2.05, 4.69) is 5.32 Å². The minimum absolute atomic E-state index is 0.219. The second-order valence-electron chi connectivity index (χ2n) is 5.30. The number of aryl methyl sites for hydroxylation is 1. The van der Waals surface area contributed by atoms with E-state index in [0.717, 1.165) is 11.1 Å². The van der Waals surface area contributed by atoms with Gasteiger partial charge in [-0.1, -0.05) is 43.6 Å². The molecule has 2 aromatic rings. The molecule has 0 heterocycles. The molecule has 0 radical (unpaired) electrons. The van der Waals surface area contributed by atoms with Crippen LogP contribution in [-0.4, -0.2) is 6.04 Å². The highest BCUT2D eigenvalue weighted by atomic mass is 35.5. The van der Waals surface area contributed by atoms with E-state index in [1.54, 1.807) is 18.2 Å². The van der Waals surface area contributed by atoms with E-state index in [9.17, 15) is 4.39 Å². The lowest BCUT2D eigenvalue weighted by Crippen LogP contribution is -2.22. The van der Waals surface area contributed by atoms with Crippen LogP contribution in [0.2, 0.25) is 5.02 Å². The van der Waals surface area contributed by atoms with E-state index in [1.807, 2.05) is 32.9 Å². The van der Waals surface area contributed by atoms with Crippen LogP contribution < -0.4 is 10.1 Å². The quantitative estimate of drug-likeness (QED) is 0.832. The van der Waals surface area contributed by atoms with Crippen molar-refractivity contribution in [2.75, 3.05) is 0 Å². The SMILES string of the molecule is Cc1ccc(Oc2c(F)cccc2CNC(C)C)c(Cl)c1. The molecule has 4 heteroatoms. The normalized spacial score (nSPS) is 11.0. The van der Waals surface area contributed by atoms with E-state index in [-0.39, 0.29) is 5.75 Å². The van der Waals surface area contributed by atoms with Gasteiger partial charge in [0, 0.05) is 18.2 Å². The summed E-state index contributed by atoms with van der Waals surface area (Å²) in [6.45, 7) is 6.55. The van der Waals surface area contributed by atoms with Gasteiger partial charge in [-0.15, -0.1) is 0 Å². The Morgan fingerprint density at radius 1 is 1.24 bits per heavy atom. The molecule has 0 aliphatic rings. The van der Waals surface area contributed by atoms with Gasteiger partial charge in [0.05, 0.1) is 5.02 Å². The fourth-order valence-electron chi connectivity index (χ4n) is 1.92. The van der Waals surface area contributed by atoms with Crippen LogP contribution in [0.25, 0.3) is 0 Å². The molecule has 0 bridgehead atoms. The Bertz CT molecular complexity index is 628. The molecule has 0 aliphatic heterocycles. The standard InChI is InChI=1S/C17H19ClFNO/c1-11(2)20-10-13-5-4-6-15(19)17(13)21-16-8-7-12(3)9-14(16)18/h4-9,11,20H,10H2,1-3H3. The van der Waals surface area contributed by atoms with Crippen LogP contribution in [-0.2, 0) is 6.54 Å². The van der Waals surface area contributed by atoms with Gasteiger partial charge in [0.2, 0.25) is 0 Å². The largest absolute Gasteiger partial charge is 0.452 e. The summed E-state index contributed by atoms with van der Waals surface area (Å²) in [4.78, 5) is 0. The number of para-hydroxylation sites is 1. The molecule has 0 aromatic heterocycles. The summed E-state index contributed by atoms with van der Waals surface area (Å²) in [6.07, 6.45) is 0. The summed E-state index contributed by atoms with van der Waals surface area (Å²) in [7, 11) is 0. The van der Waals surface area contributed by atoms with Gasteiger partial charge in [-0.3, -0.25) is 0 Å². The van der Waals surface area contributed by atoms with Crippen LogP contribution in [0.5, 0.6) is 11.5 Å². The van der Waals surface area contributed by atoms with E-state index in [1.165, 1.54) is 6.07 Å². The van der Waals surface area contributed by atoms with Crippen molar-refractivity contribution in [2.45, 2.75) is 33.4 Å². The van der Waals surface area contributed by atoms with E-state index in [0.29, 0.717) is 23.4 Å². The van der Waals surface area contributed by atoms with Crippen LogP contribution in [0.3, 0.4) is 0 Å². The first-order chi connectivity index (χ1) is 9.97. The molecule has 0 saturated heterocycles. The summed E-state index contributed by atoms with van der Waals surface area (Å²) in [6, 6.07) is 10.6. The molecule has 2 rings (SSSR count). The number of nitrogens with one attached hydrogen (secondary N) is 1. The van der Waals surface area contributed by atoms with Crippen molar-refractivity contribution < 1.29 is 9.13 Å². The van der Waals surface area contributed by atoms with Gasteiger partial charge in [-0.05, 0) is 30.7 Å². The Morgan fingerprint density at radius 3 is 2.67 bits per heavy atom. The van der Waals surface area contributed by atoms with Crippen LogP contribution >= 0.6 is 11.6 Å². The van der Waals surface area contributed by atoms with Gasteiger partial charge in [-0.25, -0.2) is 4.39 Å². The highest BCUT2D eigenvalue weighted by Crippen LogP contribution is 2.33. The number of ether oxygens (including phenoxy) is 1. The number of rotatable bonds is 5. The second kappa shape index (κ2) is 6.92. The third-order valence-electron chi connectivity index (χ3n) is 3.05. The molecular weight excluding hydrogens is 289 g/mol. The molecular formula is C17H19ClFNO. The summed E-state index contributed by atoms with van der Waals surface area (Å²) in [5.74, 6) is 0.282. The van der Waals surface area contributed by atoms with Crippen molar-refractivity contribution >= 4 is 11.6 Å². The third kappa shape index (κ3) is 4.19. The lowest BCUT2D eigenvalue weighted by Gasteiger charge is -2.15. The summed E-state index contributed by atoms with van der Waals surface area (Å²) in [5.41, 5.74) is 1.79. The van der Waals surface area contributed by atoms with Gasteiger partial charge < -0.3 is 10.1 Å². The molecule has 0 unspecified atom stereocenters. The number of benzene rings is 2. The summed E-state index contributed by atoms with van der Waals surface area (Å²) < 4.78 is 19.8. The van der Waals surface area contributed by atoms with E-state index >= 15 is 0 Å². The molecule has 0 atom stereocenters. The Kier molecular flexibility index (Phi) is 5.21. The van der Waals surface area contributed by atoms with Crippen molar-refractivity contribution in [1.82, 2.24) is 5.32 Å². The zero-order chi connectivity index (χ0) is 15.4. The van der Waals surface area contributed by atoms with Crippen molar-refractivity contribution in [1.29, 1.82) is 0 Å². The number of halogens is 2. The molecule has 2 aromatic carbocycles. The molecule has 0 fully saturated rings. The van der Waals surface area contributed by atoms with Crippen molar-refractivity contribution in [3.63, 3.8) is 0 Å². The first kappa shape index (κ1) is 15.8. The average Bonchev–Trinajstić information content (AvgIpc) is 2.42. The number of hydrogen-bond donors (Lipinski definition) is 1. The molecule has 0 aliphatic carbocycles. The monoisotopic (exact) mass is 307 g/mol. The molecule has 2 nitrogen and oxygen atoms in total. The first-order valence-electron chi connectivity index (χ1n) is 6.92. The maximum atomic E-state index is 14.1. The van der Waals surface area contributed by atoms with Gasteiger partial charge in [-0.2, -0.15) is 0 Å². The molecule has 0 spiro atoms. The summed E-state index contributed by atoms with van der Waals surface area (Å²) in [5, 5.41) is 3.73. The Morgan fingerprint density at radius 2 is 2.00 bits per heavy atom. The van der Waals surface area contributed by atoms with E-state index in [4.69, 9.17) is 16.3 Å². The first-order valence-corrected chi connectivity index (χ1v) is 7.30. The smallest absolute Gasteiger partial charge is 0.167 e. The van der Waals surface area contributed by atoms with Crippen molar-refractivity contribution in [2.24, 2.45) is 0 Å². The topological polar surface area (TPSA) is 21.3 Å². The molecule has 112 valence electrons. The molecule has 0 amide bonds. The lowest BCUT2D eigenvalue weighted by molar-refractivity contribution is 0.431. The van der Waals surface area contributed by atoms with E-state index < -0.39 is 5.82 Å². The summed E-state index contributed by atoms with van der Waals surface area (Å²) >= 11 is 6.15. The van der Waals surface area contributed by atoms with Crippen molar-refractivity contribution in [3.8, 4) is 11.5 Å². The minimum Gasteiger partial charge on any atom is -0.452 e. The van der Waals surface area contributed by atoms with Gasteiger partial charge in [0.15, 0.2) is 11.6 Å². The molecule has 0 saturated carbocycles. The highest BCUT2D eigenvalue weighted by Gasteiger charge is 2.13. The lowest BCUT2D eigenvalue weighted by atomic mass is 10.1. The number of hydrogen-bond acceptors (Lipinski definition) is 2. The second-order valence-corrected chi connectivity index (χ2v) is 5.71. The Hall–Kier alpha value is -1.58. The zero-order valence-corrected chi connectivity index (χ0v) is 13.2. The Balaban J connectivity index is 2.29. The fraction of sp³-hybridized carbons (Fsp3) is 0.294. The van der Waals surface area contributed by atoms with Crippen LogP contribution in [0.4, 0.5) is 4.39 Å². The maximum absolute atomic E-state index is 14.1. The van der Waals surface area contributed by atoms with Crippen LogP contribution in [0, 0.1) is 12.7 Å². The average molecular weight is 308 g/mol. The van der Waals surface area contributed by atoms with Crippen LogP contribution in [0.15, 0.2) is 36.4 Å². The zero-order valence-electron chi connectivity index (χ0n) is 12.4. The third-order valence-corrected chi connectivity index (χ3v) is 3.34. The van der Waals surface area contributed by atoms with Gasteiger partial charge in [0.1, 0.15) is 5.75 Å². The fourth-order valence-corrected chi connectivity index (χ4v) is 2.19. The van der Waals surface area contributed by atoms with Gasteiger partial charge >= 0.3 is 0 Å². The van der Waals surface area contributed by atoms with Crippen LogP contribution in [0.1, 0.15) is 25.0 Å². The maximum Gasteiger partial charge on any atom is 0.167 e. The minimum atomic E-state index is -0.394. The predicted molar refractivity (Wildman–Crippen MR) is 84.6 cm³/mol. The highest BCUT2D eigenvalue weighted by molar-refractivity contribution is 6.32. The molecule has 21 heavy (non-hydrogen) atoms. The Labute approximate surface area is 129 Å². The van der Waals surface area contributed by atoms with Gasteiger partial charge in [0.25, 0.3) is 0 Å². The predicted octanol–water partition coefficient (Wildman–Crippen LogP) is 5.08.